The van der Waals surface area contributed by atoms with Crippen LogP contribution in [0.15, 0.2) is 29.2 Å². The monoisotopic (exact) mass is 279 g/mol. The summed E-state index contributed by atoms with van der Waals surface area (Å²) in [5, 5.41) is 12.0. The van der Waals surface area contributed by atoms with Crippen molar-refractivity contribution in [3.8, 4) is 6.07 Å². The van der Waals surface area contributed by atoms with Crippen molar-refractivity contribution >= 4 is 10.0 Å². The second-order valence-electron chi connectivity index (χ2n) is 4.62. The van der Waals surface area contributed by atoms with Crippen LogP contribution in [-0.2, 0) is 10.0 Å². The highest BCUT2D eigenvalue weighted by Crippen LogP contribution is 2.11. The van der Waals surface area contributed by atoms with Crippen LogP contribution in [-0.4, -0.2) is 27.5 Å². The Balaban J connectivity index is 1.91. The molecule has 0 unspecified atom stereocenters. The van der Waals surface area contributed by atoms with E-state index in [4.69, 9.17) is 5.26 Å². The molecule has 1 aromatic carbocycles. The molecule has 1 aliphatic rings. The van der Waals surface area contributed by atoms with E-state index in [1.54, 1.807) is 0 Å². The van der Waals surface area contributed by atoms with Gasteiger partial charge in [-0.25, -0.2) is 13.1 Å². The van der Waals surface area contributed by atoms with Gasteiger partial charge in [-0.05, 0) is 50.1 Å². The standard InChI is InChI=1S/C13H17N3O2S/c14-10-11-3-5-13(6-4-11)19(17,18)16-9-7-12-2-1-8-15-12/h3-6,12,15-16H,1-2,7-9H2/t12-/m1/s1. The Morgan fingerprint density at radius 2 is 2.11 bits per heavy atom. The van der Waals surface area contributed by atoms with Crippen molar-refractivity contribution < 1.29 is 8.42 Å². The zero-order valence-corrected chi connectivity index (χ0v) is 11.4. The second kappa shape index (κ2) is 6.15. The maximum absolute atomic E-state index is 12.0. The van der Waals surface area contributed by atoms with Crippen molar-refractivity contribution in [1.82, 2.24) is 10.0 Å². The van der Waals surface area contributed by atoms with E-state index in [-0.39, 0.29) is 4.90 Å². The van der Waals surface area contributed by atoms with E-state index in [2.05, 4.69) is 10.0 Å². The van der Waals surface area contributed by atoms with Gasteiger partial charge in [-0.3, -0.25) is 0 Å². The van der Waals surface area contributed by atoms with Crippen LogP contribution in [0.25, 0.3) is 0 Å². The summed E-state index contributed by atoms with van der Waals surface area (Å²) in [6.07, 6.45) is 3.07. The summed E-state index contributed by atoms with van der Waals surface area (Å²) in [5.74, 6) is 0. The normalized spacial score (nSPS) is 19.2. The average Bonchev–Trinajstić information content (AvgIpc) is 2.92. The van der Waals surface area contributed by atoms with Gasteiger partial charge in [0.15, 0.2) is 0 Å². The third kappa shape index (κ3) is 3.77. The lowest BCUT2D eigenvalue weighted by Crippen LogP contribution is -2.30. The number of hydrogen-bond donors (Lipinski definition) is 2. The van der Waals surface area contributed by atoms with Gasteiger partial charge < -0.3 is 5.32 Å². The Morgan fingerprint density at radius 3 is 2.68 bits per heavy atom. The highest BCUT2D eigenvalue weighted by Gasteiger charge is 2.17. The lowest BCUT2D eigenvalue weighted by Gasteiger charge is -2.11. The minimum absolute atomic E-state index is 0.200. The summed E-state index contributed by atoms with van der Waals surface area (Å²) in [6.45, 7) is 1.45. The molecule has 5 nitrogen and oxygen atoms in total. The van der Waals surface area contributed by atoms with Gasteiger partial charge in [-0.1, -0.05) is 0 Å². The quantitative estimate of drug-likeness (QED) is 0.841. The fraction of sp³-hybridized carbons (Fsp3) is 0.462. The van der Waals surface area contributed by atoms with E-state index >= 15 is 0 Å². The zero-order chi connectivity index (χ0) is 13.7. The number of nitriles is 1. The summed E-state index contributed by atoms with van der Waals surface area (Å²) in [7, 11) is -3.46. The molecule has 0 aromatic heterocycles. The van der Waals surface area contributed by atoms with Crippen molar-refractivity contribution in [3.05, 3.63) is 29.8 Å². The maximum Gasteiger partial charge on any atom is 0.240 e. The van der Waals surface area contributed by atoms with Gasteiger partial charge in [0.05, 0.1) is 16.5 Å². The summed E-state index contributed by atoms with van der Waals surface area (Å²) in [4.78, 5) is 0.200. The van der Waals surface area contributed by atoms with Crippen molar-refractivity contribution in [3.63, 3.8) is 0 Å². The molecule has 0 radical (unpaired) electrons. The first-order chi connectivity index (χ1) is 9.12. The Hall–Kier alpha value is -1.42. The third-order valence-corrected chi connectivity index (χ3v) is 4.72. The lowest BCUT2D eigenvalue weighted by molar-refractivity contribution is 0.539. The van der Waals surface area contributed by atoms with Gasteiger partial charge in [0.1, 0.15) is 0 Å². The van der Waals surface area contributed by atoms with Crippen molar-refractivity contribution in [2.75, 3.05) is 13.1 Å². The summed E-state index contributed by atoms with van der Waals surface area (Å²) in [6, 6.07) is 8.30. The Kier molecular flexibility index (Phi) is 4.53. The van der Waals surface area contributed by atoms with Gasteiger partial charge in [0.2, 0.25) is 10.0 Å². The van der Waals surface area contributed by atoms with Crippen LogP contribution in [0.4, 0.5) is 0 Å². The first-order valence-corrected chi connectivity index (χ1v) is 7.83. The molecule has 1 saturated heterocycles. The number of nitrogens with zero attached hydrogens (tertiary/aromatic N) is 1. The fourth-order valence-electron chi connectivity index (χ4n) is 2.16. The molecular formula is C13H17N3O2S. The van der Waals surface area contributed by atoms with Gasteiger partial charge in [-0.15, -0.1) is 0 Å². The lowest BCUT2D eigenvalue weighted by atomic mass is 10.2. The van der Waals surface area contributed by atoms with E-state index in [0.29, 0.717) is 18.2 Å². The number of hydrogen-bond acceptors (Lipinski definition) is 4. The van der Waals surface area contributed by atoms with E-state index in [9.17, 15) is 8.42 Å². The molecule has 0 bridgehead atoms. The van der Waals surface area contributed by atoms with E-state index in [1.165, 1.54) is 24.3 Å². The minimum atomic E-state index is -3.46. The number of sulfonamides is 1. The minimum Gasteiger partial charge on any atom is -0.314 e. The first-order valence-electron chi connectivity index (χ1n) is 6.35. The van der Waals surface area contributed by atoms with Crippen LogP contribution in [0.1, 0.15) is 24.8 Å². The molecule has 0 spiro atoms. The zero-order valence-electron chi connectivity index (χ0n) is 10.6. The van der Waals surface area contributed by atoms with Crippen LogP contribution < -0.4 is 10.0 Å². The molecule has 0 aliphatic carbocycles. The molecular weight excluding hydrogens is 262 g/mol. The third-order valence-electron chi connectivity index (χ3n) is 3.24. The van der Waals surface area contributed by atoms with Crippen LogP contribution in [0.2, 0.25) is 0 Å². The smallest absolute Gasteiger partial charge is 0.240 e. The largest absolute Gasteiger partial charge is 0.314 e. The molecule has 0 saturated carbocycles. The van der Waals surface area contributed by atoms with Gasteiger partial charge in [0, 0.05) is 12.6 Å². The van der Waals surface area contributed by atoms with Gasteiger partial charge >= 0.3 is 0 Å². The highest BCUT2D eigenvalue weighted by atomic mass is 32.2. The molecule has 1 heterocycles. The molecule has 1 atom stereocenters. The molecule has 1 fully saturated rings. The number of benzene rings is 1. The average molecular weight is 279 g/mol. The molecule has 1 aromatic rings. The SMILES string of the molecule is N#Cc1ccc(S(=O)(=O)NCC[C@H]2CCCN2)cc1. The topological polar surface area (TPSA) is 82.0 Å². The predicted octanol–water partition coefficient (Wildman–Crippen LogP) is 0.979. The molecule has 6 heteroatoms. The summed E-state index contributed by atoms with van der Waals surface area (Å²) in [5.41, 5.74) is 0.453. The van der Waals surface area contributed by atoms with E-state index in [1.807, 2.05) is 6.07 Å². The second-order valence-corrected chi connectivity index (χ2v) is 6.38. The maximum atomic E-state index is 12.0. The molecule has 0 amide bonds. The van der Waals surface area contributed by atoms with Crippen molar-refractivity contribution in [1.29, 1.82) is 5.26 Å². The number of rotatable bonds is 5. The van der Waals surface area contributed by atoms with Crippen LogP contribution in [0.5, 0.6) is 0 Å². The summed E-state index contributed by atoms with van der Waals surface area (Å²) >= 11 is 0. The molecule has 1 aliphatic heterocycles. The molecule has 2 rings (SSSR count). The number of nitrogens with one attached hydrogen (secondary N) is 2. The summed E-state index contributed by atoms with van der Waals surface area (Å²) < 4.78 is 26.6. The van der Waals surface area contributed by atoms with Gasteiger partial charge in [-0.2, -0.15) is 5.26 Å². The van der Waals surface area contributed by atoms with Crippen LogP contribution >= 0.6 is 0 Å². The molecule has 19 heavy (non-hydrogen) atoms. The predicted molar refractivity (Wildman–Crippen MR) is 72.0 cm³/mol. The Bertz CT molecular complexity index is 555. The molecule has 2 N–H and O–H groups in total. The van der Waals surface area contributed by atoms with E-state index in [0.717, 1.165) is 25.8 Å². The first kappa shape index (κ1) is 14.0. The van der Waals surface area contributed by atoms with Crippen LogP contribution in [0, 0.1) is 11.3 Å². The van der Waals surface area contributed by atoms with E-state index < -0.39 is 10.0 Å². The molecule has 102 valence electrons. The van der Waals surface area contributed by atoms with Crippen molar-refractivity contribution in [2.45, 2.75) is 30.2 Å². The Labute approximate surface area is 113 Å². The Morgan fingerprint density at radius 1 is 1.37 bits per heavy atom. The van der Waals surface area contributed by atoms with Crippen molar-refractivity contribution in [2.24, 2.45) is 0 Å². The fourth-order valence-corrected chi connectivity index (χ4v) is 3.21. The van der Waals surface area contributed by atoms with Gasteiger partial charge in [0.25, 0.3) is 0 Å². The van der Waals surface area contributed by atoms with Crippen LogP contribution in [0.3, 0.4) is 0 Å². The highest BCUT2D eigenvalue weighted by molar-refractivity contribution is 7.89.